The van der Waals surface area contributed by atoms with Gasteiger partial charge in [-0.05, 0) is 42.7 Å². The minimum Gasteiger partial charge on any atom is -0.476 e. The van der Waals surface area contributed by atoms with Crippen LogP contribution in [0.1, 0.15) is 40.0 Å². The molecule has 1 aromatic rings. The first-order valence-corrected chi connectivity index (χ1v) is 7.07. The molecule has 4 nitrogen and oxygen atoms in total. The van der Waals surface area contributed by atoms with E-state index in [1.807, 2.05) is 12.1 Å². The lowest BCUT2D eigenvalue weighted by Gasteiger charge is -2.18. The molecule has 0 radical (unpaired) electrons. The van der Waals surface area contributed by atoms with Crippen LogP contribution in [0.5, 0.6) is 5.88 Å². The van der Waals surface area contributed by atoms with Crippen molar-refractivity contribution in [3.8, 4) is 5.88 Å². The Balaban J connectivity index is 1.87. The molecule has 1 saturated carbocycles. The number of nitrogens with one attached hydrogen (secondary N) is 1. The second kappa shape index (κ2) is 5.68. The number of hydrogen-bond acceptors (Lipinski definition) is 4. The Morgan fingerprint density at radius 2 is 2.11 bits per heavy atom. The van der Waals surface area contributed by atoms with Crippen LogP contribution in [0, 0.1) is 11.3 Å². The van der Waals surface area contributed by atoms with Crippen LogP contribution in [0.2, 0.25) is 0 Å². The van der Waals surface area contributed by atoms with Crippen LogP contribution in [0.25, 0.3) is 0 Å². The SMILES string of the molecule is CC(C)(C)CCNc1ccc(N)c(OCC2CC2)n1. The van der Waals surface area contributed by atoms with E-state index in [0.29, 0.717) is 22.9 Å². The minimum atomic E-state index is 0.326. The van der Waals surface area contributed by atoms with E-state index in [-0.39, 0.29) is 0 Å². The third-order valence-corrected chi connectivity index (χ3v) is 3.22. The number of pyridine rings is 1. The molecule has 1 aliphatic carbocycles. The molecular weight excluding hydrogens is 238 g/mol. The molecule has 19 heavy (non-hydrogen) atoms. The average molecular weight is 263 g/mol. The molecule has 2 rings (SSSR count). The van der Waals surface area contributed by atoms with Gasteiger partial charge in [-0.25, -0.2) is 0 Å². The van der Waals surface area contributed by atoms with Crippen LogP contribution in [0.3, 0.4) is 0 Å². The maximum absolute atomic E-state index is 5.88. The van der Waals surface area contributed by atoms with Gasteiger partial charge in [0, 0.05) is 6.54 Å². The van der Waals surface area contributed by atoms with Gasteiger partial charge in [0.05, 0.1) is 12.3 Å². The van der Waals surface area contributed by atoms with Gasteiger partial charge in [0.15, 0.2) is 0 Å². The van der Waals surface area contributed by atoms with Gasteiger partial charge in [-0.1, -0.05) is 20.8 Å². The van der Waals surface area contributed by atoms with Crippen molar-refractivity contribution in [2.45, 2.75) is 40.0 Å². The lowest BCUT2D eigenvalue weighted by atomic mass is 9.92. The molecule has 0 aliphatic heterocycles. The second-order valence-electron chi connectivity index (χ2n) is 6.58. The number of nitrogen functional groups attached to an aromatic ring is 1. The summed E-state index contributed by atoms with van der Waals surface area (Å²) in [7, 11) is 0. The zero-order chi connectivity index (χ0) is 13.9. The molecule has 0 amide bonds. The lowest BCUT2D eigenvalue weighted by molar-refractivity contribution is 0.290. The second-order valence-corrected chi connectivity index (χ2v) is 6.58. The van der Waals surface area contributed by atoms with E-state index in [2.05, 4.69) is 31.1 Å². The smallest absolute Gasteiger partial charge is 0.239 e. The first-order valence-electron chi connectivity index (χ1n) is 7.07. The largest absolute Gasteiger partial charge is 0.476 e. The molecule has 4 heteroatoms. The standard InChI is InChI=1S/C15H25N3O/c1-15(2,3)8-9-17-13-7-6-12(16)14(18-13)19-10-11-4-5-11/h6-7,11H,4-5,8-10,16H2,1-3H3,(H,17,18). The normalized spacial score (nSPS) is 15.3. The monoisotopic (exact) mass is 263 g/mol. The fourth-order valence-electron chi connectivity index (χ4n) is 1.71. The Bertz CT molecular complexity index is 422. The quantitative estimate of drug-likeness (QED) is 0.826. The number of anilines is 2. The predicted octanol–water partition coefficient (Wildman–Crippen LogP) is 3.30. The summed E-state index contributed by atoms with van der Waals surface area (Å²) in [6.07, 6.45) is 3.63. The van der Waals surface area contributed by atoms with E-state index in [1.165, 1.54) is 12.8 Å². The van der Waals surface area contributed by atoms with Crippen LogP contribution in [-0.2, 0) is 0 Å². The van der Waals surface area contributed by atoms with Crippen molar-refractivity contribution in [2.24, 2.45) is 11.3 Å². The molecule has 106 valence electrons. The molecule has 1 aromatic heterocycles. The molecule has 0 atom stereocenters. The molecule has 3 N–H and O–H groups in total. The van der Waals surface area contributed by atoms with Gasteiger partial charge < -0.3 is 15.8 Å². The number of aromatic nitrogens is 1. The highest BCUT2D eigenvalue weighted by atomic mass is 16.5. The van der Waals surface area contributed by atoms with Crippen molar-refractivity contribution in [1.29, 1.82) is 0 Å². The molecule has 1 fully saturated rings. The Morgan fingerprint density at radius 3 is 2.74 bits per heavy atom. The van der Waals surface area contributed by atoms with E-state index in [0.717, 1.165) is 25.4 Å². The third kappa shape index (κ3) is 4.97. The molecule has 0 saturated heterocycles. The lowest BCUT2D eigenvalue weighted by Crippen LogP contribution is -2.14. The molecule has 1 aliphatic rings. The van der Waals surface area contributed by atoms with Crippen molar-refractivity contribution >= 4 is 11.5 Å². The summed E-state index contributed by atoms with van der Waals surface area (Å²) in [6.45, 7) is 8.34. The van der Waals surface area contributed by atoms with E-state index in [9.17, 15) is 0 Å². The van der Waals surface area contributed by atoms with Crippen molar-refractivity contribution < 1.29 is 4.74 Å². The fraction of sp³-hybridized carbons (Fsp3) is 0.667. The van der Waals surface area contributed by atoms with E-state index in [1.54, 1.807) is 0 Å². The maximum atomic E-state index is 5.88. The Morgan fingerprint density at radius 1 is 1.37 bits per heavy atom. The maximum Gasteiger partial charge on any atom is 0.239 e. The summed E-state index contributed by atoms with van der Waals surface area (Å²) < 4.78 is 5.67. The van der Waals surface area contributed by atoms with Gasteiger partial charge in [-0.2, -0.15) is 4.98 Å². The number of hydrogen-bond donors (Lipinski definition) is 2. The molecule has 1 heterocycles. The van der Waals surface area contributed by atoms with Gasteiger partial charge in [-0.3, -0.25) is 0 Å². The van der Waals surface area contributed by atoms with Crippen molar-refractivity contribution in [1.82, 2.24) is 4.98 Å². The highest BCUT2D eigenvalue weighted by Gasteiger charge is 2.22. The van der Waals surface area contributed by atoms with Gasteiger partial charge in [0.2, 0.25) is 5.88 Å². The summed E-state index contributed by atoms with van der Waals surface area (Å²) in [6, 6.07) is 3.76. The highest BCUT2D eigenvalue weighted by Crippen LogP contribution is 2.30. The molecular formula is C15H25N3O. The molecule has 0 bridgehead atoms. The summed E-state index contributed by atoms with van der Waals surface area (Å²) in [5.74, 6) is 2.11. The zero-order valence-electron chi connectivity index (χ0n) is 12.2. The van der Waals surface area contributed by atoms with Gasteiger partial charge >= 0.3 is 0 Å². The third-order valence-electron chi connectivity index (χ3n) is 3.22. The van der Waals surface area contributed by atoms with Crippen LogP contribution >= 0.6 is 0 Å². The van der Waals surface area contributed by atoms with Gasteiger partial charge in [0.25, 0.3) is 0 Å². The number of nitrogens with two attached hydrogens (primary N) is 1. The number of ether oxygens (including phenoxy) is 1. The van der Waals surface area contributed by atoms with E-state index < -0.39 is 0 Å². The number of nitrogens with zero attached hydrogens (tertiary/aromatic N) is 1. The molecule has 0 spiro atoms. The summed E-state index contributed by atoms with van der Waals surface area (Å²) >= 11 is 0. The highest BCUT2D eigenvalue weighted by molar-refractivity contribution is 5.53. The van der Waals surface area contributed by atoms with Gasteiger partial charge in [0.1, 0.15) is 5.82 Å². The van der Waals surface area contributed by atoms with E-state index in [4.69, 9.17) is 10.5 Å². The fourth-order valence-corrected chi connectivity index (χ4v) is 1.71. The summed E-state index contributed by atoms with van der Waals surface area (Å²) in [5, 5.41) is 3.33. The van der Waals surface area contributed by atoms with Gasteiger partial charge in [-0.15, -0.1) is 0 Å². The first kappa shape index (κ1) is 14.0. The topological polar surface area (TPSA) is 60.2 Å². The van der Waals surface area contributed by atoms with Crippen LogP contribution < -0.4 is 15.8 Å². The van der Waals surface area contributed by atoms with Crippen molar-refractivity contribution in [3.63, 3.8) is 0 Å². The predicted molar refractivity (Wildman–Crippen MR) is 79.4 cm³/mol. The molecule has 0 aromatic carbocycles. The van der Waals surface area contributed by atoms with Crippen LogP contribution in [0.4, 0.5) is 11.5 Å². The summed E-state index contributed by atoms with van der Waals surface area (Å²) in [5.41, 5.74) is 6.82. The zero-order valence-corrected chi connectivity index (χ0v) is 12.2. The Labute approximate surface area is 115 Å². The Hall–Kier alpha value is -1.45. The van der Waals surface area contributed by atoms with Crippen LogP contribution in [0.15, 0.2) is 12.1 Å². The minimum absolute atomic E-state index is 0.326. The van der Waals surface area contributed by atoms with E-state index >= 15 is 0 Å². The molecule has 0 unspecified atom stereocenters. The van der Waals surface area contributed by atoms with Crippen molar-refractivity contribution in [2.75, 3.05) is 24.2 Å². The Kier molecular flexibility index (Phi) is 4.17. The number of rotatable bonds is 6. The van der Waals surface area contributed by atoms with Crippen LogP contribution in [-0.4, -0.2) is 18.1 Å². The first-order chi connectivity index (χ1) is 8.94. The summed E-state index contributed by atoms with van der Waals surface area (Å²) in [4.78, 5) is 4.43. The average Bonchev–Trinajstić information content (AvgIpc) is 3.12. The van der Waals surface area contributed by atoms with Crippen molar-refractivity contribution in [3.05, 3.63) is 12.1 Å².